The second-order valence-corrected chi connectivity index (χ2v) is 7.49. The number of hydrogen-bond acceptors (Lipinski definition) is 6. The molecule has 0 aliphatic rings. The number of rotatable bonds is 5. The molecule has 3 heterocycles. The topological polar surface area (TPSA) is 47.0 Å². The Bertz CT molecular complexity index is 780. The molecule has 3 rings (SSSR count). The van der Waals surface area contributed by atoms with Gasteiger partial charge in [0.1, 0.15) is 10.6 Å². The van der Waals surface area contributed by atoms with Crippen LogP contribution in [-0.2, 0) is 4.74 Å². The van der Waals surface area contributed by atoms with Crippen LogP contribution in [0.4, 0.5) is 5.82 Å². The maximum atomic E-state index is 5.22. The molecule has 6 heteroatoms. The minimum Gasteiger partial charge on any atom is -0.383 e. The van der Waals surface area contributed by atoms with Crippen molar-refractivity contribution in [3.63, 3.8) is 0 Å². The van der Waals surface area contributed by atoms with Crippen molar-refractivity contribution < 1.29 is 4.74 Å². The fourth-order valence-electron chi connectivity index (χ4n) is 2.40. The monoisotopic (exact) mass is 333 g/mol. The van der Waals surface area contributed by atoms with Crippen LogP contribution in [0.5, 0.6) is 0 Å². The Morgan fingerprint density at radius 3 is 2.82 bits per heavy atom. The number of nitrogens with one attached hydrogen (secondary N) is 1. The Morgan fingerprint density at radius 2 is 2.14 bits per heavy atom. The van der Waals surface area contributed by atoms with Crippen molar-refractivity contribution >= 4 is 38.7 Å². The van der Waals surface area contributed by atoms with E-state index in [2.05, 4.69) is 37.5 Å². The predicted octanol–water partition coefficient (Wildman–Crippen LogP) is 4.48. The van der Waals surface area contributed by atoms with E-state index in [1.54, 1.807) is 29.8 Å². The third-order valence-corrected chi connectivity index (χ3v) is 5.54. The van der Waals surface area contributed by atoms with E-state index in [1.807, 2.05) is 6.07 Å². The first kappa shape index (κ1) is 15.4. The summed E-state index contributed by atoms with van der Waals surface area (Å²) in [5.41, 5.74) is 1.25. The number of aryl methyl sites for hydroxylation is 2. The normalized spacial score (nSPS) is 12.7. The van der Waals surface area contributed by atoms with Crippen LogP contribution < -0.4 is 5.32 Å². The summed E-state index contributed by atoms with van der Waals surface area (Å²) < 4.78 is 5.22. The van der Waals surface area contributed by atoms with Crippen molar-refractivity contribution in [2.24, 2.45) is 0 Å². The zero-order valence-electron chi connectivity index (χ0n) is 13.1. The first-order valence-corrected chi connectivity index (χ1v) is 8.87. The summed E-state index contributed by atoms with van der Waals surface area (Å²) in [6.07, 6.45) is 0. The first-order chi connectivity index (χ1) is 10.6. The van der Waals surface area contributed by atoms with Gasteiger partial charge in [-0.25, -0.2) is 9.97 Å². The highest BCUT2D eigenvalue weighted by molar-refractivity contribution is 7.19. The van der Waals surface area contributed by atoms with Gasteiger partial charge in [0.05, 0.1) is 16.9 Å². The highest BCUT2D eigenvalue weighted by Gasteiger charge is 2.17. The van der Waals surface area contributed by atoms with Crippen LogP contribution in [0.3, 0.4) is 0 Å². The Kier molecular flexibility index (Phi) is 4.42. The van der Waals surface area contributed by atoms with Crippen molar-refractivity contribution in [1.29, 1.82) is 0 Å². The van der Waals surface area contributed by atoms with Gasteiger partial charge in [-0.1, -0.05) is 6.07 Å². The van der Waals surface area contributed by atoms with Crippen LogP contribution in [0, 0.1) is 13.8 Å². The molecule has 3 aromatic rings. The minimum atomic E-state index is 0.193. The molecule has 0 radical (unpaired) electrons. The zero-order chi connectivity index (χ0) is 15.7. The van der Waals surface area contributed by atoms with Gasteiger partial charge >= 0.3 is 0 Å². The zero-order valence-corrected chi connectivity index (χ0v) is 14.8. The van der Waals surface area contributed by atoms with Gasteiger partial charge in [-0.05, 0) is 37.8 Å². The molecular formula is C16H19N3OS2. The SMILES string of the molecule is COC[C@H](C)Nc1nc(-c2cccs2)nc2sc(C)c(C)c12. The van der Waals surface area contributed by atoms with Gasteiger partial charge in [0.2, 0.25) is 0 Å². The van der Waals surface area contributed by atoms with Crippen LogP contribution >= 0.6 is 22.7 Å². The number of fused-ring (bicyclic) bond motifs is 1. The third-order valence-electron chi connectivity index (χ3n) is 3.57. The average molecular weight is 333 g/mol. The summed E-state index contributed by atoms with van der Waals surface area (Å²) in [4.78, 5) is 13.0. The van der Waals surface area contributed by atoms with Crippen LogP contribution in [-0.4, -0.2) is 29.7 Å². The number of anilines is 1. The van der Waals surface area contributed by atoms with Crippen LogP contribution in [0.25, 0.3) is 20.9 Å². The second kappa shape index (κ2) is 6.32. The molecule has 1 N–H and O–H groups in total. The van der Waals surface area contributed by atoms with Crippen molar-refractivity contribution in [3.8, 4) is 10.7 Å². The van der Waals surface area contributed by atoms with E-state index in [0.29, 0.717) is 6.61 Å². The van der Waals surface area contributed by atoms with E-state index in [-0.39, 0.29) is 6.04 Å². The molecule has 1 atom stereocenters. The lowest BCUT2D eigenvalue weighted by atomic mass is 10.2. The number of ether oxygens (including phenoxy) is 1. The Hall–Kier alpha value is -1.50. The number of methoxy groups -OCH3 is 1. The molecule has 0 bridgehead atoms. The molecule has 0 spiro atoms. The van der Waals surface area contributed by atoms with Crippen LogP contribution in [0.2, 0.25) is 0 Å². The molecule has 0 saturated heterocycles. The Labute approximate surface area is 138 Å². The average Bonchev–Trinajstić information content (AvgIpc) is 3.08. The maximum absolute atomic E-state index is 5.22. The molecular weight excluding hydrogens is 314 g/mol. The summed E-state index contributed by atoms with van der Waals surface area (Å²) in [5, 5.41) is 6.66. The fourth-order valence-corrected chi connectivity index (χ4v) is 4.08. The van der Waals surface area contributed by atoms with Gasteiger partial charge < -0.3 is 10.1 Å². The lowest BCUT2D eigenvalue weighted by Gasteiger charge is -2.15. The lowest BCUT2D eigenvalue weighted by Crippen LogP contribution is -2.21. The van der Waals surface area contributed by atoms with Gasteiger partial charge in [-0.2, -0.15) is 0 Å². The summed E-state index contributed by atoms with van der Waals surface area (Å²) in [7, 11) is 1.71. The van der Waals surface area contributed by atoms with Crippen molar-refractivity contribution in [2.75, 3.05) is 19.0 Å². The highest BCUT2D eigenvalue weighted by Crippen LogP contribution is 2.35. The van der Waals surface area contributed by atoms with E-state index < -0.39 is 0 Å². The molecule has 116 valence electrons. The van der Waals surface area contributed by atoms with Gasteiger partial charge in [0.15, 0.2) is 5.82 Å². The number of aromatic nitrogens is 2. The summed E-state index contributed by atoms with van der Waals surface area (Å²) in [5.74, 6) is 1.69. The first-order valence-electron chi connectivity index (χ1n) is 7.17. The van der Waals surface area contributed by atoms with E-state index in [4.69, 9.17) is 14.7 Å². The number of hydrogen-bond donors (Lipinski definition) is 1. The summed E-state index contributed by atoms with van der Waals surface area (Å²) in [6.45, 7) is 7.00. The van der Waals surface area contributed by atoms with Crippen LogP contribution in [0.1, 0.15) is 17.4 Å². The molecule has 22 heavy (non-hydrogen) atoms. The van der Waals surface area contributed by atoms with E-state index in [1.165, 1.54) is 10.4 Å². The Morgan fingerprint density at radius 1 is 1.32 bits per heavy atom. The molecule has 0 unspecified atom stereocenters. The molecule has 0 aliphatic carbocycles. The molecule has 4 nitrogen and oxygen atoms in total. The quantitative estimate of drug-likeness (QED) is 0.747. The van der Waals surface area contributed by atoms with Crippen LogP contribution in [0.15, 0.2) is 17.5 Å². The van der Waals surface area contributed by atoms with E-state index in [0.717, 1.165) is 26.7 Å². The lowest BCUT2D eigenvalue weighted by molar-refractivity contribution is 0.190. The maximum Gasteiger partial charge on any atom is 0.173 e. The van der Waals surface area contributed by atoms with Gasteiger partial charge in [-0.15, -0.1) is 22.7 Å². The highest BCUT2D eigenvalue weighted by atomic mass is 32.1. The summed E-state index contributed by atoms with van der Waals surface area (Å²) >= 11 is 3.39. The van der Waals surface area contributed by atoms with E-state index >= 15 is 0 Å². The molecule has 0 amide bonds. The molecule has 0 aliphatic heterocycles. The van der Waals surface area contributed by atoms with Gasteiger partial charge in [0.25, 0.3) is 0 Å². The molecule has 0 saturated carbocycles. The van der Waals surface area contributed by atoms with Gasteiger partial charge in [0, 0.05) is 18.0 Å². The molecule has 0 fully saturated rings. The summed E-state index contributed by atoms with van der Waals surface area (Å²) in [6, 6.07) is 4.28. The van der Waals surface area contributed by atoms with Crippen molar-refractivity contribution in [2.45, 2.75) is 26.8 Å². The smallest absolute Gasteiger partial charge is 0.173 e. The van der Waals surface area contributed by atoms with Crippen molar-refractivity contribution in [1.82, 2.24) is 9.97 Å². The molecule has 3 aromatic heterocycles. The largest absolute Gasteiger partial charge is 0.383 e. The van der Waals surface area contributed by atoms with Gasteiger partial charge in [-0.3, -0.25) is 0 Å². The fraction of sp³-hybridized carbons (Fsp3) is 0.375. The number of nitrogens with zero attached hydrogens (tertiary/aromatic N) is 2. The van der Waals surface area contributed by atoms with Crippen molar-refractivity contribution in [3.05, 3.63) is 28.0 Å². The number of thiophene rings is 2. The second-order valence-electron chi connectivity index (χ2n) is 5.34. The standard InChI is InChI=1S/C16H19N3OS2/c1-9(8-20-4)17-15-13-10(2)11(3)22-16(13)19-14(18-15)12-6-5-7-21-12/h5-7,9H,8H2,1-4H3,(H,17,18,19)/t9-/m0/s1. The minimum absolute atomic E-state index is 0.193. The predicted molar refractivity (Wildman–Crippen MR) is 95.2 cm³/mol. The molecule has 0 aromatic carbocycles. The third kappa shape index (κ3) is 2.86. The Balaban J connectivity index is 2.13. The van der Waals surface area contributed by atoms with E-state index in [9.17, 15) is 0 Å².